The van der Waals surface area contributed by atoms with E-state index < -0.39 is 17.8 Å². The largest absolute Gasteiger partial charge is 0.382 e. The van der Waals surface area contributed by atoms with Gasteiger partial charge in [0.2, 0.25) is 5.91 Å². The lowest BCUT2D eigenvalue weighted by Crippen LogP contribution is -2.54. The van der Waals surface area contributed by atoms with Crippen LogP contribution in [0, 0.1) is 24.6 Å². The number of carbonyl (C=O) groups excluding carboxylic acids is 2. The summed E-state index contributed by atoms with van der Waals surface area (Å²) < 4.78 is 15.2. The minimum Gasteiger partial charge on any atom is -0.382 e. The molecule has 2 aliphatic carbocycles. The van der Waals surface area contributed by atoms with Crippen molar-refractivity contribution in [3.8, 4) is 0 Å². The van der Waals surface area contributed by atoms with Gasteiger partial charge in [0.05, 0.1) is 17.5 Å². The molecule has 3 aliphatic rings. The Morgan fingerprint density at radius 3 is 2.39 bits per heavy atom. The van der Waals surface area contributed by atoms with Crippen LogP contribution >= 0.6 is 11.6 Å². The summed E-state index contributed by atoms with van der Waals surface area (Å²) in [5, 5.41) is 7.24. The number of likely N-dealkylation sites (tertiary alicyclic amines) is 1. The monoisotopic (exact) mass is 573 g/mol. The summed E-state index contributed by atoms with van der Waals surface area (Å²) in [4.78, 5) is 30.2. The molecule has 2 saturated carbocycles. The van der Waals surface area contributed by atoms with Crippen molar-refractivity contribution in [1.29, 1.82) is 0 Å². The van der Waals surface area contributed by atoms with E-state index in [2.05, 4.69) is 22.8 Å². The van der Waals surface area contributed by atoms with Crippen molar-refractivity contribution in [2.45, 2.75) is 76.4 Å². The van der Waals surface area contributed by atoms with Gasteiger partial charge in [0, 0.05) is 28.5 Å². The van der Waals surface area contributed by atoms with Gasteiger partial charge in [0.25, 0.3) is 5.91 Å². The maximum atomic E-state index is 15.2. The van der Waals surface area contributed by atoms with Crippen LogP contribution in [-0.2, 0) is 4.79 Å². The minimum absolute atomic E-state index is 0.0435. The zero-order valence-electron chi connectivity index (χ0n) is 23.4. The Balaban J connectivity index is 1.40. The minimum atomic E-state index is -0.527. The molecule has 6 rings (SSSR count). The molecule has 0 bridgehead atoms. The van der Waals surface area contributed by atoms with Gasteiger partial charge in [0.1, 0.15) is 5.82 Å². The number of carbonyl (C=O) groups is 2. The van der Waals surface area contributed by atoms with E-state index in [1.807, 2.05) is 23.1 Å². The second-order valence-electron chi connectivity index (χ2n) is 11.9. The zero-order chi connectivity index (χ0) is 28.5. The molecule has 4 atom stereocenters. The smallest absolute Gasteiger partial charge is 0.257 e. The third-order valence-electron chi connectivity index (χ3n) is 9.29. The van der Waals surface area contributed by atoms with Crippen LogP contribution in [0.15, 0.2) is 66.7 Å². The highest BCUT2D eigenvalue weighted by Crippen LogP contribution is 2.49. The van der Waals surface area contributed by atoms with Crippen molar-refractivity contribution in [3.63, 3.8) is 0 Å². The molecular weight excluding hydrogens is 537 g/mol. The topological polar surface area (TPSA) is 61.4 Å². The normalized spacial score (nSPS) is 24.2. The first-order chi connectivity index (χ1) is 19.9. The molecule has 2 amide bonds. The number of nitrogens with one attached hydrogen (secondary N) is 2. The maximum Gasteiger partial charge on any atom is 0.257 e. The first kappa shape index (κ1) is 27.8. The number of piperidine rings is 1. The Hall–Kier alpha value is -3.38. The van der Waals surface area contributed by atoms with E-state index in [1.54, 1.807) is 37.3 Å². The van der Waals surface area contributed by atoms with E-state index in [0.29, 0.717) is 28.7 Å². The van der Waals surface area contributed by atoms with Crippen molar-refractivity contribution in [2.75, 3.05) is 10.6 Å². The Morgan fingerprint density at radius 1 is 0.902 bits per heavy atom. The second-order valence-corrected chi connectivity index (χ2v) is 12.4. The van der Waals surface area contributed by atoms with Crippen LogP contribution in [-0.4, -0.2) is 28.8 Å². The molecule has 3 aromatic rings. The number of halogens is 2. The molecule has 2 N–H and O–H groups in total. The fraction of sp³-hybridized carbons (Fsp3) is 0.412. The third kappa shape index (κ3) is 5.72. The van der Waals surface area contributed by atoms with Gasteiger partial charge >= 0.3 is 0 Å². The number of hydrogen-bond acceptors (Lipinski definition) is 3. The molecular formula is C34H37ClFN3O2. The second kappa shape index (κ2) is 11.8. The molecule has 3 fully saturated rings. The van der Waals surface area contributed by atoms with Crippen LogP contribution in [0.25, 0.3) is 0 Å². The van der Waals surface area contributed by atoms with Gasteiger partial charge in [-0.2, -0.15) is 0 Å². The highest BCUT2D eigenvalue weighted by molar-refractivity contribution is 6.30. The number of aryl methyl sites for hydroxylation is 1. The van der Waals surface area contributed by atoms with Gasteiger partial charge in [-0.1, -0.05) is 61.2 Å². The van der Waals surface area contributed by atoms with Crippen LogP contribution in [0.3, 0.4) is 0 Å². The predicted octanol–water partition coefficient (Wildman–Crippen LogP) is 8.15. The quantitative estimate of drug-likeness (QED) is 0.313. The van der Waals surface area contributed by atoms with Gasteiger partial charge < -0.3 is 15.5 Å². The summed E-state index contributed by atoms with van der Waals surface area (Å²) in [6.45, 7) is 1.77. The first-order valence-electron chi connectivity index (χ1n) is 14.9. The van der Waals surface area contributed by atoms with Crippen LogP contribution in [0.1, 0.15) is 78.9 Å². The number of benzene rings is 3. The predicted molar refractivity (Wildman–Crippen MR) is 162 cm³/mol. The number of hydrogen-bond donors (Lipinski definition) is 2. The van der Waals surface area contributed by atoms with Crippen molar-refractivity contribution < 1.29 is 14.0 Å². The number of nitrogens with zero attached hydrogens (tertiary/aromatic N) is 1. The lowest BCUT2D eigenvalue weighted by Gasteiger charge is -2.48. The van der Waals surface area contributed by atoms with Crippen LogP contribution < -0.4 is 10.6 Å². The summed E-state index contributed by atoms with van der Waals surface area (Å²) in [6.07, 6.45) is 8.28. The van der Waals surface area contributed by atoms with E-state index in [9.17, 15) is 9.59 Å². The molecule has 4 unspecified atom stereocenters. The Bertz CT molecular complexity index is 1400. The van der Waals surface area contributed by atoms with Gasteiger partial charge in [-0.15, -0.1) is 0 Å². The van der Waals surface area contributed by atoms with Gasteiger partial charge in [-0.25, -0.2) is 4.39 Å². The van der Waals surface area contributed by atoms with E-state index in [1.165, 1.54) is 31.7 Å². The molecule has 5 nitrogen and oxygen atoms in total. The molecule has 3 aromatic carbocycles. The number of fused-ring (bicyclic) bond motifs is 1. The number of anilines is 2. The lowest BCUT2D eigenvalue weighted by atomic mass is 9.76. The van der Waals surface area contributed by atoms with Crippen LogP contribution in [0.4, 0.5) is 15.8 Å². The third-order valence-corrected chi connectivity index (χ3v) is 9.53. The van der Waals surface area contributed by atoms with Gasteiger partial charge in [-0.05, 0) is 92.5 Å². The van der Waals surface area contributed by atoms with Crippen LogP contribution in [0.5, 0.6) is 0 Å². The van der Waals surface area contributed by atoms with E-state index in [4.69, 9.17) is 11.6 Å². The molecule has 1 heterocycles. The van der Waals surface area contributed by atoms with Crippen molar-refractivity contribution in [1.82, 2.24) is 4.90 Å². The van der Waals surface area contributed by atoms with Gasteiger partial charge in [0.15, 0.2) is 0 Å². The lowest BCUT2D eigenvalue weighted by molar-refractivity contribution is -0.125. The van der Waals surface area contributed by atoms with E-state index in [0.717, 1.165) is 30.5 Å². The van der Waals surface area contributed by atoms with Crippen molar-refractivity contribution in [2.24, 2.45) is 11.8 Å². The number of rotatable bonds is 6. The van der Waals surface area contributed by atoms with E-state index in [-0.39, 0.29) is 29.3 Å². The zero-order valence-corrected chi connectivity index (χ0v) is 24.2. The Kier molecular flexibility index (Phi) is 8.03. The maximum absolute atomic E-state index is 15.2. The van der Waals surface area contributed by atoms with Crippen LogP contribution in [0.2, 0.25) is 5.02 Å². The average molecular weight is 574 g/mol. The Labute approximate surface area is 246 Å². The summed E-state index contributed by atoms with van der Waals surface area (Å²) in [5.74, 6) is -1.33. The standard InChI is InChI=1S/C34H37ClFN3O2/c1-21-7-4-13-29(36)31(21)34(41)39-30-14-5-8-23(30)19-28(33(40)38-27-12-6-9-24(35)20-27)32(39)22-15-17-26(18-16-22)37-25-10-2-3-11-25/h4,6-7,9,12-13,15-18,20,23,25,28,30,32,37H,2-3,5,8,10-11,14,19H2,1H3,(H,38,40). The highest BCUT2D eigenvalue weighted by atomic mass is 35.5. The van der Waals surface area contributed by atoms with Gasteiger partial charge in [-0.3, -0.25) is 9.59 Å². The molecule has 0 aromatic heterocycles. The molecule has 1 saturated heterocycles. The summed E-state index contributed by atoms with van der Waals surface area (Å²) in [5.41, 5.74) is 3.25. The summed E-state index contributed by atoms with van der Waals surface area (Å²) in [7, 11) is 0. The molecule has 0 radical (unpaired) electrons. The number of amides is 2. The molecule has 1 aliphatic heterocycles. The summed E-state index contributed by atoms with van der Waals surface area (Å²) in [6, 6.07) is 19.9. The van der Waals surface area contributed by atoms with Crippen molar-refractivity contribution in [3.05, 3.63) is 94.3 Å². The SMILES string of the molecule is Cc1cccc(F)c1C(=O)N1C2CCCC2CC(C(=O)Nc2cccc(Cl)c2)C1c1ccc(NC2CCCC2)cc1. The molecule has 214 valence electrons. The fourth-order valence-electron chi connectivity index (χ4n) is 7.35. The average Bonchev–Trinajstić information content (AvgIpc) is 3.64. The fourth-order valence-corrected chi connectivity index (χ4v) is 7.54. The molecule has 0 spiro atoms. The Morgan fingerprint density at radius 2 is 1.66 bits per heavy atom. The molecule has 7 heteroatoms. The van der Waals surface area contributed by atoms with Crippen molar-refractivity contribution >= 4 is 34.8 Å². The molecule has 41 heavy (non-hydrogen) atoms. The highest BCUT2D eigenvalue weighted by Gasteiger charge is 2.50. The summed E-state index contributed by atoms with van der Waals surface area (Å²) >= 11 is 6.20. The van der Waals surface area contributed by atoms with E-state index >= 15 is 4.39 Å². The first-order valence-corrected chi connectivity index (χ1v) is 15.3.